The van der Waals surface area contributed by atoms with Crippen molar-refractivity contribution in [2.45, 2.75) is 13.8 Å². The normalized spacial score (nSPS) is 10.9. The molecule has 0 unspecified atom stereocenters. The molecular formula is C19H14ClFN6OS. The Morgan fingerprint density at radius 1 is 1.21 bits per heavy atom. The number of halogens is 2. The molecule has 4 aromatic rings. The lowest BCUT2D eigenvalue weighted by Gasteiger charge is -2.05. The highest BCUT2D eigenvalue weighted by Crippen LogP contribution is 2.25. The van der Waals surface area contributed by atoms with Gasteiger partial charge in [-0.25, -0.2) is 9.07 Å². The van der Waals surface area contributed by atoms with Crippen molar-refractivity contribution in [2.24, 2.45) is 0 Å². The number of nitrogens with zero attached hydrogens (tertiary/aromatic N) is 5. The van der Waals surface area contributed by atoms with Crippen LogP contribution in [0.5, 0.6) is 0 Å². The Hall–Kier alpha value is -3.17. The summed E-state index contributed by atoms with van der Waals surface area (Å²) >= 11 is 7.21. The maximum Gasteiger partial charge on any atom is 0.257 e. The molecule has 146 valence electrons. The van der Waals surface area contributed by atoms with E-state index in [1.54, 1.807) is 4.68 Å². The molecule has 0 fully saturated rings. The van der Waals surface area contributed by atoms with Gasteiger partial charge in [0.1, 0.15) is 5.82 Å². The first kappa shape index (κ1) is 19.2. The summed E-state index contributed by atoms with van der Waals surface area (Å²) < 4.78 is 19.2. The number of carbonyl (C=O) groups is 1. The summed E-state index contributed by atoms with van der Waals surface area (Å²) in [5, 5.41) is 11.9. The second-order valence-corrected chi connectivity index (χ2v) is 7.42. The van der Waals surface area contributed by atoms with Crippen molar-refractivity contribution in [1.82, 2.24) is 24.4 Å². The largest absolute Gasteiger partial charge is 0.297 e. The number of aromatic nitrogens is 5. The molecule has 10 heteroatoms. The number of amides is 1. The Kier molecular flexibility index (Phi) is 5.08. The molecular weight excluding hydrogens is 415 g/mol. The van der Waals surface area contributed by atoms with Crippen LogP contribution in [0.15, 0.2) is 42.5 Å². The fourth-order valence-corrected chi connectivity index (χ4v) is 3.40. The highest BCUT2D eigenvalue weighted by atomic mass is 35.5. The SMILES string of the molecule is Cc1ccc(-n2nnc(-c3nsc(NC(=O)c4cccc(F)c4)n3)c2C)cc1Cl. The Labute approximate surface area is 174 Å². The molecule has 0 radical (unpaired) electrons. The van der Waals surface area contributed by atoms with Crippen LogP contribution in [0, 0.1) is 19.7 Å². The van der Waals surface area contributed by atoms with Crippen molar-refractivity contribution in [3.05, 3.63) is 70.1 Å². The number of nitrogens with one attached hydrogen (secondary N) is 1. The van der Waals surface area contributed by atoms with E-state index in [4.69, 9.17) is 11.6 Å². The molecule has 0 atom stereocenters. The average molecular weight is 429 g/mol. The zero-order valence-corrected chi connectivity index (χ0v) is 16.9. The summed E-state index contributed by atoms with van der Waals surface area (Å²) in [5.41, 5.74) is 3.15. The Balaban J connectivity index is 1.58. The van der Waals surface area contributed by atoms with Crippen LogP contribution >= 0.6 is 23.1 Å². The first-order chi connectivity index (χ1) is 13.9. The van der Waals surface area contributed by atoms with Gasteiger partial charge in [0.05, 0.1) is 11.4 Å². The van der Waals surface area contributed by atoms with Crippen molar-refractivity contribution in [1.29, 1.82) is 0 Å². The van der Waals surface area contributed by atoms with Gasteiger partial charge in [0.15, 0.2) is 11.5 Å². The number of benzene rings is 2. The Morgan fingerprint density at radius 3 is 2.79 bits per heavy atom. The number of hydrogen-bond donors (Lipinski definition) is 1. The van der Waals surface area contributed by atoms with Gasteiger partial charge in [-0.15, -0.1) is 5.10 Å². The van der Waals surface area contributed by atoms with Crippen molar-refractivity contribution in [3.63, 3.8) is 0 Å². The molecule has 0 aliphatic rings. The molecule has 0 aliphatic heterocycles. The van der Waals surface area contributed by atoms with Crippen molar-refractivity contribution in [2.75, 3.05) is 5.32 Å². The fourth-order valence-electron chi connectivity index (χ4n) is 2.66. The van der Waals surface area contributed by atoms with Crippen LogP contribution in [-0.4, -0.2) is 30.3 Å². The molecule has 29 heavy (non-hydrogen) atoms. The number of aryl methyl sites for hydroxylation is 1. The third-order valence-electron chi connectivity index (χ3n) is 4.24. The minimum Gasteiger partial charge on any atom is -0.297 e. The van der Waals surface area contributed by atoms with E-state index < -0.39 is 11.7 Å². The topological polar surface area (TPSA) is 85.6 Å². The van der Waals surface area contributed by atoms with E-state index >= 15 is 0 Å². The second kappa shape index (κ2) is 7.69. The maximum atomic E-state index is 13.3. The van der Waals surface area contributed by atoms with Gasteiger partial charge in [0, 0.05) is 22.1 Å². The smallest absolute Gasteiger partial charge is 0.257 e. The molecule has 2 aromatic heterocycles. The summed E-state index contributed by atoms with van der Waals surface area (Å²) in [6, 6.07) is 11.0. The van der Waals surface area contributed by atoms with Gasteiger partial charge in [0.25, 0.3) is 5.91 Å². The fraction of sp³-hybridized carbons (Fsp3) is 0.105. The summed E-state index contributed by atoms with van der Waals surface area (Å²) in [6.07, 6.45) is 0. The minimum atomic E-state index is -0.487. The molecule has 0 aliphatic carbocycles. The monoisotopic (exact) mass is 428 g/mol. The highest BCUT2D eigenvalue weighted by molar-refractivity contribution is 7.10. The van der Waals surface area contributed by atoms with E-state index in [0.29, 0.717) is 16.5 Å². The third kappa shape index (κ3) is 3.87. The van der Waals surface area contributed by atoms with Gasteiger partial charge in [-0.05, 0) is 49.7 Å². The molecule has 2 heterocycles. The highest BCUT2D eigenvalue weighted by Gasteiger charge is 2.18. The first-order valence-electron chi connectivity index (χ1n) is 8.52. The van der Waals surface area contributed by atoms with E-state index in [9.17, 15) is 9.18 Å². The van der Waals surface area contributed by atoms with Crippen LogP contribution in [0.25, 0.3) is 17.2 Å². The molecule has 1 N–H and O–H groups in total. The quantitative estimate of drug-likeness (QED) is 0.519. The first-order valence-corrected chi connectivity index (χ1v) is 9.67. The van der Waals surface area contributed by atoms with E-state index in [2.05, 4.69) is 25.0 Å². The second-order valence-electron chi connectivity index (χ2n) is 6.26. The molecule has 7 nitrogen and oxygen atoms in total. The van der Waals surface area contributed by atoms with Gasteiger partial charge in [-0.2, -0.15) is 9.36 Å². The zero-order valence-electron chi connectivity index (χ0n) is 15.3. The molecule has 0 saturated heterocycles. The average Bonchev–Trinajstić information content (AvgIpc) is 3.30. The lowest BCUT2D eigenvalue weighted by Crippen LogP contribution is -2.11. The van der Waals surface area contributed by atoms with E-state index in [0.717, 1.165) is 34.5 Å². The summed E-state index contributed by atoms with van der Waals surface area (Å²) in [6.45, 7) is 3.76. The molecule has 0 bridgehead atoms. The summed E-state index contributed by atoms with van der Waals surface area (Å²) in [4.78, 5) is 16.6. The standard InChI is InChI=1S/C19H14ClFN6OS/c1-10-6-7-14(9-15(10)20)27-11(2)16(24-26-27)17-22-19(29-25-17)23-18(28)12-4-3-5-13(21)8-12/h3-9H,1-2H3,(H,22,23,25,28). The lowest BCUT2D eigenvalue weighted by molar-refractivity contribution is 0.102. The number of hydrogen-bond acceptors (Lipinski definition) is 6. The van der Waals surface area contributed by atoms with Gasteiger partial charge < -0.3 is 0 Å². The van der Waals surface area contributed by atoms with E-state index in [1.807, 2.05) is 32.0 Å². The zero-order chi connectivity index (χ0) is 20.5. The predicted octanol–water partition coefficient (Wildman–Crippen LogP) is 4.45. The third-order valence-corrected chi connectivity index (χ3v) is 5.28. The van der Waals surface area contributed by atoms with Crippen LogP contribution in [0.2, 0.25) is 5.02 Å². The molecule has 2 aromatic carbocycles. The lowest BCUT2D eigenvalue weighted by atomic mass is 10.2. The van der Waals surface area contributed by atoms with Gasteiger partial charge in [0.2, 0.25) is 5.13 Å². The summed E-state index contributed by atoms with van der Waals surface area (Å²) in [7, 11) is 0. The van der Waals surface area contributed by atoms with Crippen LogP contribution in [-0.2, 0) is 0 Å². The van der Waals surface area contributed by atoms with Crippen LogP contribution in [0.1, 0.15) is 21.6 Å². The Morgan fingerprint density at radius 2 is 2.03 bits per heavy atom. The molecule has 4 rings (SSSR count). The maximum absolute atomic E-state index is 13.3. The van der Waals surface area contributed by atoms with E-state index in [-0.39, 0.29) is 10.7 Å². The van der Waals surface area contributed by atoms with Crippen molar-refractivity contribution in [3.8, 4) is 17.2 Å². The molecule has 0 spiro atoms. The number of carbonyl (C=O) groups excluding carboxylic acids is 1. The van der Waals surface area contributed by atoms with Crippen molar-refractivity contribution < 1.29 is 9.18 Å². The van der Waals surface area contributed by atoms with Crippen molar-refractivity contribution >= 4 is 34.2 Å². The van der Waals surface area contributed by atoms with Gasteiger partial charge in [-0.1, -0.05) is 28.9 Å². The number of anilines is 1. The summed E-state index contributed by atoms with van der Waals surface area (Å²) in [5.74, 6) is -0.618. The van der Waals surface area contributed by atoms with Gasteiger partial charge in [-0.3, -0.25) is 10.1 Å². The predicted molar refractivity (Wildman–Crippen MR) is 109 cm³/mol. The molecule has 1 amide bonds. The van der Waals surface area contributed by atoms with Crippen LogP contribution in [0.4, 0.5) is 9.52 Å². The number of rotatable bonds is 4. The Bertz CT molecular complexity index is 1220. The van der Waals surface area contributed by atoms with Crippen LogP contribution in [0.3, 0.4) is 0 Å². The minimum absolute atomic E-state index is 0.195. The van der Waals surface area contributed by atoms with E-state index in [1.165, 1.54) is 18.2 Å². The van der Waals surface area contributed by atoms with Gasteiger partial charge >= 0.3 is 0 Å². The van der Waals surface area contributed by atoms with Crippen LogP contribution < -0.4 is 5.32 Å². The molecule has 0 saturated carbocycles.